The van der Waals surface area contributed by atoms with Crippen LogP contribution in [-0.2, 0) is 42.3 Å². The molecule has 0 aliphatic rings. The van der Waals surface area contributed by atoms with Crippen molar-refractivity contribution in [3.8, 4) is 0 Å². The quantitative estimate of drug-likeness (QED) is 0.675. The number of hydrogen-bond acceptors (Lipinski definition) is 2. The van der Waals surface area contributed by atoms with Crippen LogP contribution >= 0.6 is 0 Å². The first-order valence-corrected chi connectivity index (χ1v) is 3.29. The minimum atomic E-state index is 0. The number of carbonyl (C=O) groups excluding carboxylic acids is 2. The summed E-state index contributed by atoms with van der Waals surface area (Å²) in [7, 11) is 0. The van der Waals surface area contributed by atoms with Crippen molar-refractivity contribution in [3.05, 3.63) is 0 Å². The van der Waals surface area contributed by atoms with E-state index >= 15 is 0 Å². The van der Waals surface area contributed by atoms with Crippen molar-refractivity contribution >= 4 is 12.6 Å². The molecule has 0 atom stereocenters. The molecule has 0 rings (SSSR count). The van der Waals surface area contributed by atoms with Crippen LogP contribution in [0.2, 0.25) is 0 Å². The summed E-state index contributed by atoms with van der Waals surface area (Å²) in [6.07, 6.45) is 3.56. The Bertz CT molecular complexity index is 78.1. The standard InChI is InChI=1S/2C4H7O.Y/c2*1-4(2)3-5;/h2*4H,1-2H3;/q2*-1;. The molecule has 0 N–H and O–H groups in total. The molecule has 63 valence electrons. The van der Waals surface area contributed by atoms with Gasteiger partial charge in [-0.3, -0.25) is 12.6 Å². The first-order chi connectivity index (χ1) is 4.54. The largest absolute Gasteiger partial charge is 0.542 e. The molecule has 1 radical (unpaired) electrons. The van der Waals surface area contributed by atoms with Crippen molar-refractivity contribution in [1.82, 2.24) is 0 Å². The van der Waals surface area contributed by atoms with Crippen LogP contribution in [0.3, 0.4) is 0 Å². The smallest absolute Gasteiger partial charge is 0 e. The summed E-state index contributed by atoms with van der Waals surface area (Å²) in [4.78, 5) is 18.8. The van der Waals surface area contributed by atoms with E-state index in [4.69, 9.17) is 0 Å². The first-order valence-electron chi connectivity index (χ1n) is 3.29. The molecular weight excluding hydrogens is 217 g/mol. The molecule has 0 unspecified atom stereocenters. The zero-order valence-electron chi connectivity index (χ0n) is 7.55. The summed E-state index contributed by atoms with van der Waals surface area (Å²) in [6.45, 7) is 7.19. The number of hydrogen-bond donors (Lipinski definition) is 0. The predicted molar refractivity (Wildman–Crippen MR) is 41.1 cm³/mol. The Morgan fingerprint density at radius 3 is 0.909 bits per heavy atom. The first kappa shape index (κ1) is 17.5. The molecule has 0 saturated heterocycles. The Morgan fingerprint density at radius 2 is 0.909 bits per heavy atom. The molecule has 0 aromatic carbocycles. The van der Waals surface area contributed by atoms with Gasteiger partial charge in [0.05, 0.1) is 0 Å². The minimum absolute atomic E-state index is 0. The molecule has 0 aliphatic heterocycles. The van der Waals surface area contributed by atoms with Crippen molar-refractivity contribution < 1.29 is 42.3 Å². The van der Waals surface area contributed by atoms with E-state index in [0.717, 1.165) is 0 Å². The van der Waals surface area contributed by atoms with Crippen LogP contribution in [0, 0.1) is 11.8 Å². The van der Waals surface area contributed by atoms with Crippen molar-refractivity contribution in [2.75, 3.05) is 0 Å². The Morgan fingerprint density at radius 1 is 0.818 bits per heavy atom. The maximum Gasteiger partial charge on any atom is 0 e. The van der Waals surface area contributed by atoms with Gasteiger partial charge in [-0.15, -0.1) is 11.8 Å². The fourth-order valence-electron chi connectivity index (χ4n) is 0. The van der Waals surface area contributed by atoms with Crippen molar-refractivity contribution in [2.45, 2.75) is 27.7 Å². The summed E-state index contributed by atoms with van der Waals surface area (Å²) in [5.74, 6) is 0.157. The van der Waals surface area contributed by atoms with Gasteiger partial charge in [-0.1, -0.05) is 27.7 Å². The maximum absolute atomic E-state index is 9.38. The second-order valence-electron chi connectivity index (χ2n) is 2.55. The summed E-state index contributed by atoms with van der Waals surface area (Å²) in [5.41, 5.74) is 0. The SMILES string of the molecule is CC(C)[C-]=O.CC(C)[C-]=O.[Y]. The van der Waals surface area contributed by atoms with E-state index in [-0.39, 0.29) is 44.5 Å². The van der Waals surface area contributed by atoms with Crippen LogP contribution in [0.15, 0.2) is 0 Å². The van der Waals surface area contributed by atoms with Crippen LogP contribution in [-0.4, -0.2) is 12.6 Å². The minimum Gasteiger partial charge on any atom is -0.542 e. The molecule has 0 bridgehead atoms. The van der Waals surface area contributed by atoms with Gasteiger partial charge in [0, 0.05) is 32.7 Å². The van der Waals surface area contributed by atoms with Crippen LogP contribution in [0.25, 0.3) is 0 Å². The average molecular weight is 231 g/mol. The molecule has 0 aromatic rings. The van der Waals surface area contributed by atoms with Gasteiger partial charge in [-0.2, -0.15) is 0 Å². The van der Waals surface area contributed by atoms with Gasteiger partial charge in [-0.05, 0) is 0 Å². The second-order valence-corrected chi connectivity index (χ2v) is 2.55. The molecule has 11 heavy (non-hydrogen) atoms. The van der Waals surface area contributed by atoms with E-state index in [1.54, 1.807) is 40.3 Å². The fourth-order valence-corrected chi connectivity index (χ4v) is 0. The van der Waals surface area contributed by atoms with Gasteiger partial charge < -0.3 is 9.59 Å². The molecule has 0 saturated carbocycles. The van der Waals surface area contributed by atoms with Crippen LogP contribution in [0.4, 0.5) is 0 Å². The normalized spacial score (nSPS) is 7.82. The zero-order valence-corrected chi connectivity index (χ0v) is 10.4. The molecule has 0 aliphatic carbocycles. The van der Waals surface area contributed by atoms with Crippen LogP contribution in [0.1, 0.15) is 27.7 Å². The Kier molecular flexibility index (Phi) is 20.8. The third-order valence-electron chi connectivity index (χ3n) is 0.471. The van der Waals surface area contributed by atoms with E-state index < -0.39 is 0 Å². The van der Waals surface area contributed by atoms with Gasteiger partial charge in [0.2, 0.25) is 0 Å². The van der Waals surface area contributed by atoms with Crippen LogP contribution in [0.5, 0.6) is 0 Å². The van der Waals surface area contributed by atoms with E-state index in [1.807, 2.05) is 0 Å². The monoisotopic (exact) mass is 231 g/mol. The molecular formula is C8H14O2Y-2. The Balaban J connectivity index is -0.000000107. The predicted octanol–water partition coefficient (Wildman–Crippen LogP) is 1.50. The van der Waals surface area contributed by atoms with Gasteiger partial charge in [0.1, 0.15) is 0 Å². The molecule has 2 nitrogen and oxygen atoms in total. The van der Waals surface area contributed by atoms with Gasteiger partial charge >= 0.3 is 0 Å². The van der Waals surface area contributed by atoms with E-state index in [9.17, 15) is 9.59 Å². The topological polar surface area (TPSA) is 34.1 Å². The van der Waals surface area contributed by atoms with E-state index in [0.29, 0.717) is 0 Å². The van der Waals surface area contributed by atoms with Crippen molar-refractivity contribution in [1.29, 1.82) is 0 Å². The van der Waals surface area contributed by atoms with Gasteiger partial charge in [0.15, 0.2) is 0 Å². The Labute approximate surface area is 94.0 Å². The molecule has 0 heterocycles. The summed E-state index contributed by atoms with van der Waals surface area (Å²) < 4.78 is 0. The van der Waals surface area contributed by atoms with Gasteiger partial charge in [0.25, 0.3) is 0 Å². The van der Waals surface area contributed by atoms with Crippen LogP contribution < -0.4 is 0 Å². The van der Waals surface area contributed by atoms with Crippen molar-refractivity contribution in [3.63, 3.8) is 0 Å². The molecule has 0 aromatic heterocycles. The molecule has 0 fully saturated rings. The van der Waals surface area contributed by atoms with E-state index in [1.165, 1.54) is 0 Å². The summed E-state index contributed by atoms with van der Waals surface area (Å²) in [6, 6.07) is 0. The summed E-state index contributed by atoms with van der Waals surface area (Å²) >= 11 is 0. The number of rotatable bonds is 2. The molecule has 0 amide bonds. The summed E-state index contributed by atoms with van der Waals surface area (Å²) in [5, 5.41) is 0. The van der Waals surface area contributed by atoms with Gasteiger partial charge in [-0.25, -0.2) is 0 Å². The zero-order chi connectivity index (χ0) is 8.57. The maximum atomic E-state index is 9.38. The van der Waals surface area contributed by atoms with Crippen molar-refractivity contribution in [2.24, 2.45) is 11.8 Å². The van der Waals surface area contributed by atoms with E-state index in [2.05, 4.69) is 0 Å². The molecule has 0 spiro atoms. The third kappa shape index (κ3) is 37.7. The Hall–Kier alpha value is 0.444. The second kappa shape index (κ2) is 13.1. The third-order valence-corrected chi connectivity index (χ3v) is 0.471. The molecule has 3 heteroatoms. The fraction of sp³-hybridized carbons (Fsp3) is 0.750. The average Bonchev–Trinajstić information content (AvgIpc) is 1.89.